The monoisotopic (exact) mass is 292 g/mol. The number of carbonyl (C=O) groups is 1. The first-order valence-corrected chi connectivity index (χ1v) is 6.48. The summed E-state index contributed by atoms with van der Waals surface area (Å²) in [7, 11) is 1.60. The van der Waals surface area contributed by atoms with E-state index >= 15 is 0 Å². The van der Waals surface area contributed by atoms with Crippen LogP contribution in [0.15, 0.2) is 36.5 Å². The van der Waals surface area contributed by atoms with Gasteiger partial charge in [-0.25, -0.2) is 4.39 Å². The Kier molecular flexibility index (Phi) is 4.35. The van der Waals surface area contributed by atoms with E-state index in [-0.39, 0.29) is 12.5 Å². The lowest BCUT2D eigenvalue weighted by Gasteiger charge is -2.18. The molecule has 1 amide bonds. The Labute approximate surface area is 122 Å². The summed E-state index contributed by atoms with van der Waals surface area (Å²) in [6.45, 7) is 1.95. The highest BCUT2D eigenvalue weighted by Gasteiger charge is 2.15. The molecule has 0 aliphatic heterocycles. The highest BCUT2D eigenvalue weighted by molar-refractivity contribution is 6.31. The third-order valence-corrected chi connectivity index (χ3v) is 3.32. The zero-order valence-electron chi connectivity index (χ0n) is 11.2. The number of pyridine rings is 1. The van der Waals surface area contributed by atoms with Crippen molar-refractivity contribution >= 4 is 17.5 Å². The van der Waals surface area contributed by atoms with E-state index < -0.39 is 5.82 Å². The third-order valence-electron chi connectivity index (χ3n) is 2.96. The maximum Gasteiger partial charge on any atom is 0.255 e. The molecule has 0 fully saturated rings. The quantitative estimate of drug-likeness (QED) is 0.868. The standard InChI is InChI=1S/C15H14ClFN2O/c1-10-6-7-11(8-18-10)15(20)19(2)9-12-13(16)4-3-5-14(12)17/h3-8H,9H2,1-2H3. The Bertz CT molecular complexity index is 608. The van der Waals surface area contributed by atoms with Gasteiger partial charge in [-0.3, -0.25) is 9.78 Å². The Hall–Kier alpha value is -1.94. The lowest BCUT2D eigenvalue weighted by atomic mass is 10.1. The van der Waals surface area contributed by atoms with Crippen LogP contribution in [0, 0.1) is 12.7 Å². The molecule has 1 aromatic heterocycles. The van der Waals surface area contributed by atoms with E-state index in [1.807, 2.05) is 6.92 Å². The van der Waals surface area contributed by atoms with Crippen LogP contribution in [0.3, 0.4) is 0 Å². The highest BCUT2D eigenvalue weighted by atomic mass is 35.5. The summed E-state index contributed by atoms with van der Waals surface area (Å²) in [4.78, 5) is 17.7. The summed E-state index contributed by atoms with van der Waals surface area (Å²) < 4.78 is 13.7. The molecule has 0 bridgehead atoms. The molecule has 3 nitrogen and oxygen atoms in total. The molecule has 2 aromatic rings. The maximum atomic E-state index is 13.7. The van der Waals surface area contributed by atoms with Crippen LogP contribution in [0.4, 0.5) is 4.39 Å². The van der Waals surface area contributed by atoms with E-state index in [9.17, 15) is 9.18 Å². The number of rotatable bonds is 3. The molecular formula is C15H14ClFN2O. The van der Waals surface area contributed by atoms with Crippen LogP contribution in [0.1, 0.15) is 21.6 Å². The van der Waals surface area contributed by atoms with E-state index in [1.54, 1.807) is 25.2 Å². The summed E-state index contributed by atoms with van der Waals surface area (Å²) in [5, 5.41) is 0.312. The van der Waals surface area contributed by atoms with Crippen LogP contribution in [0.2, 0.25) is 5.02 Å². The molecule has 0 saturated carbocycles. The fraction of sp³-hybridized carbons (Fsp3) is 0.200. The summed E-state index contributed by atoms with van der Waals surface area (Å²) in [6.07, 6.45) is 1.51. The van der Waals surface area contributed by atoms with Crippen LogP contribution in [0.25, 0.3) is 0 Å². The number of amides is 1. The van der Waals surface area contributed by atoms with Gasteiger partial charge in [0.25, 0.3) is 5.91 Å². The summed E-state index contributed by atoms with van der Waals surface area (Å²) in [5.41, 5.74) is 1.61. The number of nitrogens with zero attached hydrogens (tertiary/aromatic N) is 2. The number of hydrogen-bond donors (Lipinski definition) is 0. The Morgan fingerprint density at radius 1 is 1.35 bits per heavy atom. The molecule has 0 atom stereocenters. The van der Waals surface area contributed by atoms with Crippen molar-refractivity contribution in [2.75, 3.05) is 7.05 Å². The average molecular weight is 293 g/mol. The number of hydrogen-bond acceptors (Lipinski definition) is 2. The summed E-state index contributed by atoms with van der Waals surface area (Å²) in [5.74, 6) is -0.643. The van der Waals surface area contributed by atoms with Crippen LogP contribution < -0.4 is 0 Å². The topological polar surface area (TPSA) is 33.2 Å². The van der Waals surface area contributed by atoms with Crippen LogP contribution in [-0.4, -0.2) is 22.8 Å². The van der Waals surface area contributed by atoms with Gasteiger partial charge in [0.1, 0.15) is 5.82 Å². The summed E-state index contributed by atoms with van der Waals surface area (Å²) in [6, 6.07) is 7.92. The predicted octanol–water partition coefficient (Wildman–Crippen LogP) is 3.45. The molecule has 0 N–H and O–H groups in total. The van der Waals surface area contributed by atoms with Crippen molar-refractivity contribution in [3.8, 4) is 0 Å². The molecule has 5 heteroatoms. The molecule has 0 unspecified atom stereocenters. The maximum absolute atomic E-state index is 13.7. The third kappa shape index (κ3) is 3.14. The van der Waals surface area contributed by atoms with Gasteiger partial charge in [-0.15, -0.1) is 0 Å². The van der Waals surface area contributed by atoms with Gasteiger partial charge < -0.3 is 4.90 Å². The number of carbonyl (C=O) groups excluding carboxylic acids is 1. The van der Waals surface area contributed by atoms with Crippen molar-refractivity contribution in [1.82, 2.24) is 9.88 Å². The van der Waals surface area contributed by atoms with Crippen LogP contribution in [0.5, 0.6) is 0 Å². The number of benzene rings is 1. The molecule has 1 aromatic carbocycles. The Morgan fingerprint density at radius 3 is 2.70 bits per heavy atom. The number of aryl methyl sites for hydroxylation is 1. The van der Waals surface area contributed by atoms with Crippen molar-refractivity contribution in [3.05, 3.63) is 64.2 Å². The Balaban J connectivity index is 2.17. The first kappa shape index (κ1) is 14.5. The fourth-order valence-electron chi connectivity index (χ4n) is 1.81. The van der Waals surface area contributed by atoms with E-state index in [0.717, 1.165) is 5.69 Å². The van der Waals surface area contributed by atoms with Crippen LogP contribution in [-0.2, 0) is 6.54 Å². The molecule has 1 heterocycles. The number of halogens is 2. The van der Waals surface area contributed by atoms with E-state index in [1.165, 1.54) is 23.2 Å². The van der Waals surface area contributed by atoms with Gasteiger partial charge in [0, 0.05) is 36.1 Å². The average Bonchev–Trinajstić information content (AvgIpc) is 2.43. The molecular weight excluding hydrogens is 279 g/mol. The van der Waals surface area contributed by atoms with E-state index in [2.05, 4.69) is 4.98 Å². The van der Waals surface area contributed by atoms with Crippen molar-refractivity contribution in [2.45, 2.75) is 13.5 Å². The van der Waals surface area contributed by atoms with E-state index in [0.29, 0.717) is 16.1 Å². The first-order valence-electron chi connectivity index (χ1n) is 6.10. The normalized spacial score (nSPS) is 10.4. The zero-order valence-corrected chi connectivity index (χ0v) is 12.0. The number of aromatic nitrogens is 1. The molecule has 0 radical (unpaired) electrons. The minimum Gasteiger partial charge on any atom is -0.337 e. The Morgan fingerprint density at radius 2 is 2.10 bits per heavy atom. The van der Waals surface area contributed by atoms with Gasteiger partial charge >= 0.3 is 0 Å². The highest BCUT2D eigenvalue weighted by Crippen LogP contribution is 2.21. The van der Waals surface area contributed by atoms with Crippen LogP contribution >= 0.6 is 11.6 Å². The van der Waals surface area contributed by atoms with Gasteiger partial charge in [-0.2, -0.15) is 0 Å². The van der Waals surface area contributed by atoms with Crippen molar-refractivity contribution in [1.29, 1.82) is 0 Å². The molecule has 0 spiro atoms. The minimum absolute atomic E-state index is 0.109. The lowest BCUT2D eigenvalue weighted by Crippen LogP contribution is -2.27. The molecule has 0 saturated heterocycles. The minimum atomic E-state index is -0.417. The van der Waals surface area contributed by atoms with Gasteiger partial charge in [0.15, 0.2) is 0 Å². The largest absolute Gasteiger partial charge is 0.337 e. The molecule has 104 valence electrons. The first-order chi connectivity index (χ1) is 9.49. The van der Waals surface area contributed by atoms with E-state index in [4.69, 9.17) is 11.6 Å². The fourth-order valence-corrected chi connectivity index (χ4v) is 2.03. The molecule has 20 heavy (non-hydrogen) atoms. The second-order valence-corrected chi connectivity index (χ2v) is 4.96. The summed E-state index contributed by atoms with van der Waals surface area (Å²) >= 11 is 5.95. The lowest BCUT2D eigenvalue weighted by molar-refractivity contribution is 0.0783. The second-order valence-electron chi connectivity index (χ2n) is 4.55. The molecule has 2 rings (SSSR count). The predicted molar refractivity (Wildman–Crippen MR) is 76.2 cm³/mol. The van der Waals surface area contributed by atoms with Crippen molar-refractivity contribution < 1.29 is 9.18 Å². The molecule has 0 aliphatic carbocycles. The van der Waals surface area contributed by atoms with Gasteiger partial charge in [0.05, 0.1) is 5.56 Å². The molecule has 0 aliphatic rings. The van der Waals surface area contributed by atoms with Gasteiger partial charge in [-0.1, -0.05) is 17.7 Å². The van der Waals surface area contributed by atoms with Crippen molar-refractivity contribution in [2.24, 2.45) is 0 Å². The van der Waals surface area contributed by atoms with Crippen molar-refractivity contribution in [3.63, 3.8) is 0 Å². The zero-order chi connectivity index (χ0) is 14.7. The van der Waals surface area contributed by atoms with Gasteiger partial charge in [-0.05, 0) is 31.2 Å². The smallest absolute Gasteiger partial charge is 0.255 e. The SMILES string of the molecule is Cc1ccc(C(=O)N(C)Cc2c(F)cccc2Cl)cn1. The van der Waals surface area contributed by atoms with Gasteiger partial charge in [0.2, 0.25) is 0 Å². The second kappa shape index (κ2) is 6.01.